The van der Waals surface area contributed by atoms with E-state index in [0.717, 1.165) is 22.0 Å². The highest BCUT2D eigenvalue weighted by molar-refractivity contribution is 6.04. The van der Waals surface area contributed by atoms with Crippen LogP contribution in [0, 0.1) is 6.92 Å². The van der Waals surface area contributed by atoms with Crippen molar-refractivity contribution < 1.29 is 13.6 Å². The molecule has 0 amide bonds. The van der Waals surface area contributed by atoms with Crippen molar-refractivity contribution in [1.82, 2.24) is 54.9 Å². The van der Waals surface area contributed by atoms with Gasteiger partial charge >= 0.3 is 0 Å². The third kappa shape index (κ3) is 5.13. The lowest BCUT2D eigenvalue weighted by atomic mass is 10.1. The van der Waals surface area contributed by atoms with Crippen LogP contribution in [0.3, 0.4) is 0 Å². The molecule has 0 fully saturated rings. The molecule has 7 aromatic heterocycles. The molecule has 5 N–H and O–H groups in total. The van der Waals surface area contributed by atoms with Crippen molar-refractivity contribution in [1.29, 1.82) is 0 Å². The number of Topliss-reactive ketones (excluding diaryl/α,β-unsaturated/α-hetero) is 1. The summed E-state index contributed by atoms with van der Waals surface area (Å²) in [6, 6.07) is 20.5. The molecule has 1 aliphatic rings. The highest BCUT2D eigenvalue weighted by Gasteiger charge is 2.34. The van der Waals surface area contributed by atoms with E-state index in [1.807, 2.05) is 36.5 Å². The van der Waals surface area contributed by atoms with Crippen molar-refractivity contribution in [3.63, 3.8) is 0 Å². The fourth-order valence-corrected chi connectivity index (χ4v) is 6.52. The van der Waals surface area contributed by atoms with Crippen LogP contribution >= 0.6 is 0 Å². The molecule has 1 aliphatic carbocycles. The molecule has 9 aromatic rings. The second-order valence-corrected chi connectivity index (χ2v) is 12.0. The first-order valence-electron chi connectivity index (χ1n) is 15.9. The smallest absolute Gasteiger partial charge is 0.222 e. The number of carbonyl (C=O) groups excluding carboxylic acids is 1. The van der Waals surface area contributed by atoms with E-state index in [1.165, 1.54) is 10.2 Å². The molecule has 51 heavy (non-hydrogen) atoms. The molecule has 16 nitrogen and oxygen atoms in total. The summed E-state index contributed by atoms with van der Waals surface area (Å²) in [6.07, 6.45) is 5.61. The van der Waals surface area contributed by atoms with Crippen molar-refractivity contribution in [2.24, 2.45) is 0 Å². The lowest BCUT2D eigenvalue weighted by Gasteiger charge is -2.08. The number of H-pyrrole nitrogens is 1. The zero-order valence-electron chi connectivity index (χ0n) is 26.9. The number of furan rings is 2. The van der Waals surface area contributed by atoms with E-state index in [-0.39, 0.29) is 17.7 Å². The Morgan fingerprint density at radius 2 is 1.51 bits per heavy atom. The lowest BCUT2D eigenvalue weighted by molar-refractivity contribution is 0.0935. The summed E-state index contributed by atoms with van der Waals surface area (Å²) < 4.78 is 14.1. The second kappa shape index (κ2) is 11.7. The zero-order chi connectivity index (χ0) is 34.6. The van der Waals surface area contributed by atoms with Gasteiger partial charge in [0.25, 0.3) is 0 Å². The molecular formula is C35H27N13O3. The number of rotatable bonds is 5. The molecule has 0 aliphatic heterocycles. The van der Waals surface area contributed by atoms with Crippen LogP contribution in [-0.2, 0) is 13.0 Å². The van der Waals surface area contributed by atoms with Crippen LogP contribution in [-0.4, -0.2) is 60.7 Å². The van der Waals surface area contributed by atoms with E-state index in [1.54, 1.807) is 35.4 Å². The Kier molecular flexibility index (Phi) is 6.87. The molecule has 0 saturated carbocycles. The highest BCUT2D eigenvalue weighted by Crippen LogP contribution is 2.33. The summed E-state index contributed by atoms with van der Waals surface area (Å²) >= 11 is 0. The predicted octanol–water partition coefficient (Wildman–Crippen LogP) is 4.95. The van der Waals surface area contributed by atoms with Gasteiger partial charge in [-0.15, -0.1) is 10.2 Å². The van der Waals surface area contributed by atoms with Crippen molar-refractivity contribution in [2.45, 2.75) is 25.9 Å². The number of nitrogen functional groups attached to an aromatic ring is 2. The van der Waals surface area contributed by atoms with Gasteiger partial charge in [-0.25, -0.2) is 19.3 Å². The Balaban J connectivity index is 0.000000137. The number of aromatic nitrogens is 11. The second-order valence-electron chi connectivity index (χ2n) is 12.0. The average molecular weight is 678 g/mol. The zero-order valence-corrected chi connectivity index (χ0v) is 26.9. The minimum absolute atomic E-state index is 0.000803. The molecule has 0 radical (unpaired) electrons. The highest BCUT2D eigenvalue weighted by atomic mass is 16.3. The van der Waals surface area contributed by atoms with Crippen LogP contribution in [0.1, 0.15) is 33.1 Å². The number of hydrogen-bond donors (Lipinski definition) is 3. The number of nitrogens with one attached hydrogen (secondary N) is 1. The molecule has 1 atom stereocenters. The van der Waals surface area contributed by atoms with Crippen molar-refractivity contribution >= 4 is 50.9 Å². The minimum Gasteiger partial charge on any atom is -0.463 e. The van der Waals surface area contributed by atoms with Gasteiger partial charge in [0.05, 0.1) is 24.6 Å². The number of ketones is 1. The van der Waals surface area contributed by atoms with Crippen LogP contribution < -0.4 is 11.5 Å². The minimum atomic E-state index is -0.485. The number of nitrogens with zero attached hydrogens (tertiary/aromatic N) is 10. The Morgan fingerprint density at radius 1 is 0.824 bits per heavy atom. The molecule has 10 rings (SSSR count). The van der Waals surface area contributed by atoms with Gasteiger partial charge in [0.2, 0.25) is 11.9 Å². The van der Waals surface area contributed by atoms with Crippen LogP contribution in [0.5, 0.6) is 0 Å². The molecule has 1 unspecified atom stereocenters. The molecule has 7 heterocycles. The third-order valence-electron chi connectivity index (χ3n) is 8.73. The number of nitrogens with two attached hydrogens (primary N) is 2. The monoisotopic (exact) mass is 677 g/mol. The first-order chi connectivity index (χ1) is 24.9. The average Bonchev–Trinajstić information content (AvgIpc) is 3.98. The van der Waals surface area contributed by atoms with Gasteiger partial charge < -0.3 is 25.3 Å². The number of anilines is 2. The first-order valence-corrected chi connectivity index (χ1v) is 15.9. The maximum absolute atomic E-state index is 12.8. The summed E-state index contributed by atoms with van der Waals surface area (Å²) in [5.41, 5.74) is 19.8. The maximum Gasteiger partial charge on any atom is 0.222 e. The number of benzene rings is 2. The SMILES string of the molecule is Cc1cc(Cn2nnc3c(-c4ccco4)nc(N)nc32)c2[nH]ccc2c1.Nc1nc(-c2ccco2)c2nnn(C3Cc4ccccc4C3=O)c2n1. The maximum atomic E-state index is 12.8. The number of hydrogen-bond acceptors (Lipinski definition) is 13. The molecule has 2 aromatic carbocycles. The van der Waals surface area contributed by atoms with Crippen molar-refractivity contribution in [2.75, 3.05) is 11.5 Å². The number of fused-ring (bicyclic) bond motifs is 4. The van der Waals surface area contributed by atoms with E-state index in [2.05, 4.69) is 70.7 Å². The number of carbonyl (C=O) groups is 1. The number of aryl methyl sites for hydroxylation is 1. The van der Waals surface area contributed by atoms with E-state index < -0.39 is 6.04 Å². The van der Waals surface area contributed by atoms with Crippen molar-refractivity contribution in [3.05, 3.63) is 108 Å². The van der Waals surface area contributed by atoms with Gasteiger partial charge in [-0.2, -0.15) is 9.97 Å². The topological polar surface area (TPSA) is 224 Å². The van der Waals surface area contributed by atoms with E-state index in [4.69, 9.17) is 20.3 Å². The van der Waals surface area contributed by atoms with Gasteiger partial charge in [-0.05, 0) is 59.8 Å². The van der Waals surface area contributed by atoms with Crippen LogP contribution in [0.25, 0.3) is 56.1 Å². The summed E-state index contributed by atoms with van der Waals surface area (Å²) in [4.78, 5) is 33.1. The van der Waals surface area contributed by atoms with Crippen LogP contribution in [0.15, 0.2) is 94.3 Å². The standard InChI is InChI=1S/C18H15N7O.C17H12N6O2/c1-10-7-11-4-5-20-14(11)12(8-10)9-25-17-16(23-24-25)15(21-18(19)22-17)13-3-2-6-26-13;18-17-19-13(12-6-3-7-25-12)14-16(20-17)23(22-21-14)11-8-9-4-1-2-5-10(9)15(11)24/h2-8,20H,9H2,1H3,(H2,19,21,22);1-7,11H,8H2,(H2,18,19,20). The third-order valence-corrected chi connectivity index (χ3v) is 8.73. The fraction of sp³-hybridized carbons (Fsp3) is 0.114. The van der Waals surface area contributed by atoms with Gasteiger partial charge in [-0.1, -0.05) is 46.3 Å². The van der Waals surface area contributed by atoms with Gasteiger partial charge in [0, 0.05) is 18.2 Å². The molecule has 0 bridgehead atoms. The molecular weight excluding hydrogens is 650 g/mol. The van der Waals surface area contributed by atoms with Gasteiger partial charge in [0.1, 0.15) is 17.4 Å². The Morgan fingerprint density at radius 3 is 2.22 bits per heavy atom. The van der Waals surface area contributed by atoms with Gasteiger partial charge in [0.15, 0.2) is 39.6 Å². The summed E-state index contributed by atoms with van der Waals surface area (Å²) in [5.74, 6) is 1.33. The Hall–Kier alpha value is -7.23. The van der Waals surface area contributed by atoms with Crippen LogP contribution in [0.4, 0.5) is 11.9 Å². The predicted molar refractivity (Wildman–Crippen MR) is 186 cm³/mol. The lowest BCUT2D eigenvalue weighted by Crippen LogP contribution is -2.17. The normalized spacial score (nSPS) is 14.0. The summed E-state index contributed by atoms with van der Waals surface area (Å²) in [6.45, 7) is 2.59. The first kappa shape index (κ1) is 29.9. The summed E-state index contributed by atoms with van der Waals surface area (Å²) in [5, 5.41) is 18.0. The quantitative estimate of drug-likeness (QED) is 0.220. The largest absolute Gasteiger partial charge is 0.463 e. The fourth-order valence-electron chi connectivity index (χ4n) is 6.52. The van der Waals surface area contributed by atoms with E-state index in [9.17, 15) is 4.79 Å². The summed E-state index contributed by atoms with van der Waals surface area (Å²) in [7, 11) is 0. The Labute approximate surface area is 287 Å². The molecule has 0 saturated heterocycles. The Bertz CT molecular complexity index is 2730. The molecule has 0 spiro atoms. The van der Waals surface area contributed by atoms with E-state index in [0.29, 0.717) is 63.8 Å². The number of aromatic amines is 1. The van der Waals surface area contributed by atoms with Gasteiger partial charge in [-0.3, -0.25) is 4.79 Å². The molecule has 16 heteroatoms. The van der Waals surface area contributed by atoms with Crippen LogP contribution in [0.2, 0.25) is 0 Å². The van der Waals surface area contributed by atoms with Crippen molar-refractivity contribution in [3.8, 4) is 22.9 Å². The molecule has 250 valence electrons. The van der Waals surface area contributed by atoms with E-state index >= 15 is 0 Å².